The zero-order valence-electron chi connectivity index (χ0n) is 7.31. The molecule has 14 heavy (non-hydrogen) atoms. The largest absolute Gasteiger partial charge is 0.254 e. The Morgan fingerprint density at radius 2 is 1.86 bits per heavy atom. The van der Waals surface area contributed by atoms with Crippen LogP contribution in [-0.2, 0) is 0 Å². The van der Waals surface area contributed by atoms with Gasteiger partial charge in [0.1, 0.15) is 0 Å². The third kappa shape index (κ3) is 1.56. The van der Waals surface area contributed by atoms with Crippen LogP contribution in [0.1, 0.15) is 5.56 Å². The van der Waals surface area contributed by atoms with Gasteiger partial charge in [0, 0.05) is 16.6 Å². The van der Waals surface area contributed by atoms with E-state index in [2.05, 4.69) is 4.98 Å². The number of benzene rings is 1. The lowest BCUT2D eigenvalue weighted by molar-refractivity contribution is 1.33. The maximum atomic E-state index is 6.11. The maximum absolute atomic E-state index is 6.11. The number of halogens is 3. The second-order valence-electron chi connectivity index (χ2n) is 3.04. The Labute approximate surface area is 96.6 Å². The van der Waals surface area contributed by atoms with Crippen LogP contribution in [0.3, 0.4) is 0 Å². The van der Waals surface area contributed by atoms with Crippen molar-refractivity contribution in [2.45, 2.75) is 6.92 Å². The molecule has 0 fully saturated rings. The molecule has 1 aromatic heterocycles. The molecule has 0 unspecified atom stereocenters. The van der Waals surface area contributed by atoms with E-state index >= 15 is 0 Å². The Morgan fingerprint density at radius 3 is 2.57 bits per heavy atom. The van der Waals surface area contributed by atoms with Crippen LogP contribution in [-0.4, -0.2) is 4.98 Å². The van der Waals surface area contributed by atoms with Gasteiger partial charge in [-0.25, -0.2) is 0 Å². The summed E-state index contributed by atoms with van der Waals surface area (Å²) < 4.78 is 0. The predicted octanol–water partition coefficient (Wildman–Crippen LogP) is 4.50. The number of fused-ring (bicyclic) bond motifs is 1. The van der Waals surface area contributed by atoms with Crippen molar-refractivity contribution in [2.75, 3.05) is 0 Å². The highest BCUT2D eigenvalue weighted by Gasteiger charge is 2.07. The van der Waals surface area contributed by atoms with E-state index in [-0.39, 0.29) is 0 Å². The fourth-order valence-corrected chi connectivity index (χ4v) is 2.03. The molecule has 1 nitrogen and oxygen atoms in total. The number of aromatic nitrogens is 1. The Bertz CT molecular complexity index is 508. The van der Waals surface area contributed by atoms with Gasteiger partial charge in [0.25, 0.3) is 0 Å². The average Bonchev–Trinajstić information content (AvgIpc) is 2.12. The van der Waals surface area contributed by atoms with Crippen molar-refractivity contribution in [2.24, 2.45) is 0 Å². The fourth-order valence-electron chi connectivity index (χ4n) is 1.29. The van der Waals surface area contributed by atoms with E-state index in [0.717, 1.165) is 10.9 Å². The fraction of sp³-hybridized carbons (Fsp3) is 0.100. The molecule has 0 bridgehead atoms. The van der Waals surface area contributed by atoms with Crippen molar-refractivity contribution in [3.05, 3.63) is 39.0 Å². The molecule has 2 rings (SSSR count). The van der Waals surface area contributed by atoms with E-state index < -0.39 is 0 Å². The SMILES string of the molecule is Cc1cnc2c(Cl)cc(Cl)cc2c1Cl. The summed E-state index contributed by atoms with van der Waals surface area (Å²) in [5.74, 6) is 0. The Hall–Kier alpha value is -0.500. The molecule has 0 N–H and O–H groups in total. The molecule has 1 aromatic carbocycles. The minimum absolute atomic E-state index is 0.523. The molecule has 2 aromatic rings. The van der Waals surface area contributed by atoms with Gasteiger partial charge in [-0.1, -0.05) is 34.8 Å². The van der Waals surface area contributed by atoms with Gasteiger partial charge >= 0.3 is 0 Å². The highest BCUT2D eigenvalue weighted by molar-refractivity contribution is 6.41. The quantitative estimate of drug-likeness (QED) is 0.667. The van der Waals surface area contributed by atoms with E-state index in [9.17, 15) is 0 Å². The first-order chi connectivity index (χ1) is 6.59. The molecule has 0 saturated carbocycles. The number of nitrogens with zero attached hydrogens (tertiary/aromatic N) is 1. The third-order valence-electron chi connectivity index (χ3n) is 2.00. The van der Waals surface area contributed by atoms with Crippen molar-refractivity contribution in [3.63, 3.8) is 0 Å². The molecule has 0 aliphatic heterocycles. The highest BCUT2D eigenvalue weighted by Crippen LogP contribution is 2.32. The molecule has 0 atom stereocenters. The first kappa shape index (κ1) is 10.0. The van der Waals surface area contributed by atoms with E-state index in [1.807, 2.05) is 6.92 Å². The van der Waals surface area contributed by atoms with Crippen molar-refractivity contribution in [1.29, 1.82) is 0 Å². The van der Waals surface area contributed by atoms with Gasteiger partial charge in [0.2, 0.25) is 0 Å². The Kier molecular flexibility index (Phi) is 2.56. The summed E-state index contributed by atoms with van der Waals surface area (Å²) >= 11 is 18.0. The van der Waals surface area contributed by atoms with E-state index in [1.54, 1.807) is 18.3 Å². The maximum Gasteiger partial charge on any atom is 0.0904 e. The second kappa shape index (κ2) is 3.58. The molecule has 1 heterocycles. The normalized spacial score (nSPS) is 10.9. The van der Waals surface area contributed by atoms with Crippen LogP contribution in [0.4, 0.5) is 0 Å². The molecule has 72 valence electrons. The van der Waals surface area contributed by atoms with E-state index in [1.165, 1.54) is 0 Å². The first-order valence-electron chi connectivity index (χ1n) is 3.99. The van der Waals surface area contributed by atoms with Crippen LogP contribution >= 0.6 is 34.8 Å². The van der Waals surface area contributed by atoms with Crippen LogP contribution in [0.5, 0.6) is 0 Å². The molecule has 0 saturated heterocycles. The van der Waals surface area contributed by atoms with Crippen molar-refractivity contribution in [3.8, 4) is 0 Å². The van der Waals surface area contributed by atoms with Crippen LogP contribution < -0.4 is 0 Å². The number of pyridine rings is 1. The number of hydrogen-bond donors (Lipinski definition) is 0. The van der Waals surface area contributed by atoms with Crippen molar-refractivity contribution in [1.82, 2.24) is 4.98 Å². The lowest BCUT2D eigenvalue weighted by Gasteiger charge is -2.04. The smallest absolute Gasteiger partial charge is 0.0904 e. The van der Waals surface area contributed by atoms with Gasteiger partial charge in [0.15, 0.2) is 0 Å². The zero-order chi connectivity index (χ0) is 10.3. The van der Waals surface area contributed by atoms with Gasteiger partial charge < -0.3 is 0 Å². The molecule has 0 radical (unpaired) electrons. The number of rotatable bonds is 0. The second-order valence-corrected chi connectivity index (χ2v) is 4.26. The molecular weight excluding hydrogens is 240 g/mol. The topological polar surface area (TPSA) is 12.9 Å². The van der Waals surface area contributed by atoms with Crippen molar-refractivity contribution < 1.29 is 0 Å². The third-order valence-corrected chi connectivity index (χ3v) is 3.01. The monoisotopic (exact) mass is 245 g/mol. The average molecular weight is 247 g/mol. The van der Waals surface area contributed by atoms with E-state index in [0.29, 0.717) is 20.6 Å². The van der Waals surface area contributed by atoms with Gasteiger partial charge in [-0.3, -0.25) is 4.98 Å². The van der Waals surface area contributed by atoms with E-state index in [4.69, 9.17) is 34.8 Å². The van der Waals surface area contributed by atoms with Crippen LogP contribution in [0.25, 0.3) is 10.9 Å². The van der Waals surface area contributed by atoms with Crippen LogP contribution in [0.15, 0.2) is 18.3 Å². The van der Waals surface area contributed by atoms with Crippen molar-refractivity contribution >= 4 is 45.7 Å². The van der Waals surface area contributed by atoms with Gasteiger partial charge in [-0.2, -0.15) is 0 Å². The predicted molar refractivity (Wildman–Crippen MR) is 61.5 cm³/mol. The Morgan fingerprint density at radius 1 is 1.14 bits per heavy atom. The number of aryl methyl sites for hydroxylation is 1. The summed E-state index contributed by atoms with van der Waals surface area (Å²) in [4.78, 5) is 4.21. The summed E-state index contributed by atoms with van der Waals surface area (Å²) in [6, 6.07) is 3.43. The molecule has 0 aliphatic rings. The van der Waals surface area contributed by atoms with Gasteiger partial charge in [0.05, 0.1) is 15.6 Å². The molecule has 4 heteroatoms. The molecular formula is C10H6Cl3N. The van der Waals surface area contributed by atoms with Crippen LogP contribution in [0.2, 0.25) is 15.1 Å². The summed E-state index contributed by atoms with van der Waals surface area (Å²) in [5, 5.41) is 2.54. The molecule has 0 spiro atoms. The molecule has 0 amide bonds. The number of hydrogen-bond acceptors (Lipinski definition) is 1. The standard InChI is InChI=1S/C10H6Cl3N/c1-5-4-14-10-7(9(5)13)2-6(11)3-8(10)12/h2-4H,1H3. The Balaban J connectivity index is 2.95. The summed E-state index contributed by atoms with van der Waals surface area (Å²) in [7, 11) is 0. The van der Waals surface area contributed by atoms with Gasteiger partial charge in [-0.05, 0) is 24.6 Å². The molecule has 0 aliphatic carbocycles. The summed E-state index contributed by atoms with van der Waals surface area (Å²) in [6.07, 6.45) is 1.70. The summed E-state index contributed by atoms with van der Waals surface area (Å²) in [6.45, 7) is 1.89. The zero-order valence-corrected chi connectivity index (χ0v) is 9.58. The van der Waals surface area contributed by atoms with Gasteiger partial charge in [-0.15, -0.1) is 0 Å². The lowest BCUT2D eigenvalue weighted by Crippen LogP contribution is -1.85. The highest BCUT2D eigenvalue weighted by atomic mass is 35.5. The minimum atomic E-state index is 0.523. The summed E-state index contributed by atoms with van der Waals surface area (Å²) in [5.41, 5.74) is 1.60. The first-order valence-corrected chi connectivity index (χ1v) is 5.13. The van der Waals surface area contributed by atoms with Crippen LogP contribution in [0, 0.1) is 6.92 Å². The lowest BCUT2D eigenvalue weighted by atomic mass is 10.2. The minimum Gasteiger partial charge on any atom is -0.254 e.